The smallest absolute Gasteiger partial charge is 0.171 e. The van der Waals surface area contributed by atoms with Gasteiger partial charge >= 0.3 is 0 Å². The summed E-state index contributed by atoms with van der Waals surface area (Å²) in [6, 6.07) is 51.3. The Morgan fingerprint density at radius 3 is 1.77 bits per heavy atom. The van der Waals surface area contributed by atoms with Crippen LogP contribution in [0, 0.1) is 6.92 Å². The Labute approximate surface area is 250 Å². The Morgan fingerprint density at radius 1 is 0.535 bits per heavy atom. The second-order valence-corrected chi connectivity index (χ2v) is 13.6. The standard InChI is InChI=1S/C38H28N3OP/c1-27-39-34-18-11-19-36-38(34)40(27)35-25-22-29(26-37(35)41(36)30-12-5-2-6-13-30)28-20-23-33(24-21-28)43(42,31-14-7-3-8-15-31)32-16-9-4-10-17-32/h2-26H,1H3. The number of nitrogens with zero attached hydrogens (tertiary/aromatic N) is 3. The molecular formula is C38H28N3OP. The zero-order valence-electron chi connectivity index (χ0n) is 23.6. The van der Waals surface area contributed by atoms with E-state index in [0.717, 1.165) is 66.6 Å². The monoisotopic (exact) mass is 573 g/mol. The number of anilines is 3. The van der Waals surface area contributed by atoms with Crippen LogP contribution in [-0.2, 0) is 4.57 Å². The van der Waals surface area contributed by atoms with E-state index in [1.165, 1.54) is 0 Å². The number of rotatable bonds is 5. The lowest BCUT2D eigenvalue weighted by Gasteiger charge is -2.33. The van der Waals surface area contributed by atoms with Gasteiger partial charge in [-0.25, -0.2) is 4.98 Å². The Morgan fingerprint density at radius 2 is 1.12 bits per heavy atom. The van der Waals surface area contributed by atoms with Gasteiger partial charge in [0.1, 0.15) is 5.82 Å². The highest BCUT2D eigenvalue weighted by Gasteiger charge is 2.30. The fourth-order valence-electron chi connectivity index (χ4n) is 6.34. The molecule has 1 aliphatic rings. The van der Waals surface area contributed by atoms with Crippen molar-refractivity contribution in [3.05, 3.63) is 157 Å². The highest BCUT2D eigenvalue weighted by molar-refractivity contribution is 7.85. The molecule has 0 fully saturated rings. The second-order valence-electron chi connectivity index (χ2n) is 10.8. The van der Waals surface area contributed by atoms with Crippen molar-refractivity contribution in [3.8, 4) is 16.8 Å². The quantitative estimate of drug-likeness (QED) is 0.194. The molecule has 0 atom stereocenters. The number of aryl methyl sites for hydroxylation is 1. The van der Waals surface area contributed by atoms with Gasteiger partial charge in [0.05, 0.1) is 28.1 Å². The normalized spacial score (nSPS) is 12.3. The summed E-state index contributed by atoms with van der Waals surface area (Å²) >= 11 is 0. The first-order chi connectivity index (χ1) is 21.1. The summed E-state index contributed by atoms with van der Waals surface area (Å²) in [6.07, 6.45) is 0. The summed E-state index contributed by atoms with van der Waals surface area (Å²) in [5, 5.41) is 2.49. The van der Waals surface area contributed by atoms with Crippen molar-refractivity contribution in [2.75, 3.05) is 4.90 Å². The van der Waals surface area contributed by atoms with Gasteiger partial charge < -0.3 is 9.46 Å². The zero-order chi connectivity index (χ0) is 29.0. The summed E-state index contributed by atoms with van der Waals surface area (Å²) in [5.74, 6) is 0.964. The highest BCUT2D eigenvalue weighted by Crippen LogP contribution is 2.48. The minimum absolute atomic E-state index is 0.822. The van der Waals surface area contributed by atoms with E-state index in [1.807, 2.05) is 78.9 Å². The van der Waals surface area contributed by atoms with Crippen LogP contribution in [0.25, 0.3) is 27.8 Å². The lowest BCUT2D eigenvalue weighted by atomic mass is 10.0. The molecule has 43 heavy (non-hydrogen) atoms. The molecule has 6 aromatic carbocycles. The van der Waals surface area contributed by atoms with Crippen LogP contribution in [0.5, 0.6) is 0 Å². The van der Waals surface area contributed by atoms with Gasteiger partial charge in [-0.05, 0) is 54.4 Å². The summed E-state index contributed by atoms with van der Waals surface area (Å²) in [4.78, 5) is 7.21. The van der Waals surface area contributed by atoms with E-state index < -0.39 is 7.14 Å². The molecule has 8 rings (SSSR count). The molecule has 1 aromatic heterocycles. The van der Waals surface area contributed by atoms with E-state index in [2.05, 4.69) is 89.2 Å². The Bertz CT molecular complexity index is 2110. The minimum atomic E-state index is -3.03. The maximum Gasteiger partial charge on any atom is 0.171 e. The van der Waals surface area contributed by atoms with E-state index in [4.69, 9.17) is 4.98 Å². The van der Waals surface area contributed by atoms with Gasteiger partial charge in [0.25, 0.3) is 0 Å². The number of para-hydroxylation sites is 2. The first-order valence-electron chi connectivity index (χ1n) is 14.4. The number of fused-ring (bicyclic) bond motifs is 2. The van der Waals surface area contributed by atoms with Crippen LogP contribution in [0.15, 0.2) is 152 Å². The largest absolute Gasteiger partial charge is 0.309 e. The van der Waals surface area contributed by atoms with Gasteiger partial charge in [-0.1, -0.05) is 115 Å². The van der Waals surface area contributed by atoms with E-state index in [1.54, 1.807) is 0 Å². The molecule has 0 saturated carbocycles. The summed E-state index contributed by atoms with van der Waals surface area (Å²) in [6.45, 7) is 2.07. The molecule has 0 radical (unpaired) electrons. The van der Waals surface area contributed by atoms with Crippen molar-refractivity contribution < 1.29 is 4.57 Å². The fourth-order valence-corrected chi connectivity index (χ4v) is 8.99. The Balaban J connectivity index is 1.27. The predicted octanol–water partition coefficient (Wildman–Crippen LogP) is 8.42. The Kier molecular flexibility index (Phi) is 5.92. The van der Waals surface area contributed by atoms with Gasteiger partial charge in [0.2, 0.25) is 0 Å². The third kappa shape index (κ3) is 3.99. The summed E-state index contributed by atoms with van der Waals surface area (Å²) in [7, 11) is -3.03. The minimum Gasteiger partial charge on any atom is -0.309 e. The molecule has 1 aliphatic heterocycles. The van der Waals surface area contributed by atoms with Crippen molar-refractivity contribution in [1.29, 1.82) is 0 Å². The van der Waals surface area contributed by atoms with Gasteiger partial charge in [0, 0.05) is 21.6 Å². The van der Waals surface area contributed by atoms with Crippen molar-refractivity contribution >= 4 is 51.2 Å². The molecule has 0 amide bonds. The van der Waals surface area contributed by atoms with E-state index in [0.29, 0.717) is 0 Å². The van der Waals surface area contributed by atoms with E-state index in [-0.39, 0.29) is 0 Å². The van der Waals surface area contributed by atoms with E-state index >= 15 is 0 Å². The van der Waals surface area contributed by atoms with Crippen molar-refractivity contribution in [1.82, 2.24) is 9.55 Å². The van der Waals surface area contributed by atoms with Crippen LogP contribution >= 0.6 is 7.14 Å². The molecular weight excluding hydrogens is 545 g/mol. The first-order valence-corrected chi connectivity index (χ1v) is 16.1. The number of imidazole rings is 1. The van der Waals surface area contributed by atoms with Crippen LogP contribution in [0.1, 0.15) is 5.82 Å². The van der Waals surface area contributed by atoms with Crippen molar-refractivity contribution in [3.63, 3.8) is 0 Å². The van der Waals surface area contributed by atoms with Crippen LogP contribution < -0.4 is 20.8 Å². The molecule has 0 aliphatic carbocycles. The number of hydrogen-bond acceptors (Lipinski definition) is 3. The zero-order valence-corrected chi connectivity index (χ0v) is 24.5. The van der Waals surface area contributed by atoms with Crippen molar-refractivity contribution in [2.45, 2.75) is 6.92 Å². The SMILES string of the molecule is Cc1nc2cccc3c2n1-c1ccc(-c2ccc(P(=O)(c4ccccc4)c4ccccc4)cc2)cc1N3c1ccccc1. The summed E-state index contributed by atoms with van der Waals surface area (Å²) in [5.41, 5.74) is 8.66. The molecule has 0 N–H and O–H groups in total. The predicted molar refractivity (Wildman–Crippen MR) is 179 cm³/mol. The fraction of sp³-hybridized carbons (Fsp3) is 0.0263. The molecule has 7 aromatic rings. The maximum atomic E-state index is 14.9. The molecule has 0 spiro atoms. The molecule has 206 valence electrons. The van der Waals surface area contributed by atoms with Gasteiger partial charge in [-0.15, -0.1) is 0 Å². The van der Waals surface area contributed by atoms with Crippen LogP contribution in [0.2, 0.25) is 0 Å². The van der Waals surface area contributed by atoms with Crippen LogP contribution in [0.3, 0.4) is 0 Å². The Hall–Kier alpha value is -5.18. The third-order valence-electron chi connectivity index (χ3n) is 8.34. The van der Waals surface area contributed by atoms with Gasteiger partial charge in [-0.3, -0.25) is 4.57 Å². The lowest BCUT2D eigenvalue weighted by molar-refractivity contribution is 0.592. The van der Waals surface area contributed by atoms with E-state index in [9.17, 15) is 4.57 Å². The first kappa shape index (κ1) is 25.5. The molecule has 2 heterocycles. The topological polar surface area (TPSA) is 38.1 Å². The average Bonchev–Trinajstić information content (AvgIpc) is 3.42. The molecule has 0 saturated heterocycles. The average molecular weight is 574 g/mol. The van der Waals surface area contributed by atoms with Crippen molar-refractivity contribution in [2.24, 2.45) is 0 Å². The van der Waals surface area contributed by atoms with Crippen LogP contribution in [-0.4, -0.2) is 9.55 Å². The van der Waals surface area contributed by atoms with Gasteiger partial charge in [0.15, 0.2) is 7.14 Å². The summed E-state index contributed by atoms with van der Waals surface area (Å²) < 4.78 is 17.1. The maximum absolute atomic E-state index is 14.9. The molecule has 0 unspecified atom stereocenters. The number of aromatic nitrogens is 2. The highest BCUT2D eigenvalue weighted by atomic mass is 31.2. The number of benzene rings is 6. The molecule has 5 heteroatoms. The third-order valence-corrected chi connectivity index (χ3v) is 11.4. The molecule has 4 nitrogen and oxygen atoms in total. The van der Waals surface area contributed by atoms with Gasteiger partial charge in [-0.2, -0.15) is 0 Å². The lowest BCUT2D eigenvalue weighted by Crippen LogP contribution is -2.24. The number of hydrogen-bond donors (Lipinski definition) is 0. The van der Waals surface area contributed by atoms with Crippen LogP contribution in [0.4, 0.5) is 17.1 Å². The molecule has 0 bridgehead atoms. The second kappa shape index (κ2) is 9.97.